The van der Waals surface area contributed by atoms with Gasteiger partial charge in [0, 0.05) is 12.0 Å². The third kappa shape index (κ3) is 2.60. The number of aryl methyl sites for hydroxylation is 2. The predicted octanol–water partition coefficient (Wildman–Crippen LogP) is 3.85. The summed E-state index contributed by atoms with van der Waals surface area (Å²) in [5, 5.41) is 5.55. The zero-order valence-corrected chi connectivity index (χ0v) is 13.0. The second-order valence-corrected chi connectivity index (χ2v) is 5.26. The van der Waals surface area contributed by atoms with Crippen LogP contribution >= 0.6 is 23.2 Å². The highest BCUT2D eigenvalue weighted by Gasteiger charge is 2.16. The first-order valence-corrected chi connectivity index (χ1v) is 6.96. The van der Waals surface area contributed by atoms with Crippen LogP contribution in [0.5, 0.6) is 0 Å². The van der Waals surface area contributed by atoms with Crippen LogP contribution in [0.25, 0.3) is 5.82 Å². The molecule has 19 heavy (non-hydrogen) atoms. The van der Waals surface area contributed by atoms with E-state index >= 15 is 0 Å². The molecule has 0 aliphatic carbocycles. The van der Waals surface area contributed by atoms with Crippen molar-refractivity contribution < 1.29 is 0 Å². The standard InChI is InChI=1S/C13H16Cl2N4/c1-5-6-10-16-12(15)7(2)13(17-10)19-9(4)11(14)8(3)18-19/h5-6H2,1-4H3. The van der Waals surface area contributed by atoms with Crippen LogP contribution in [0.2, 0.25) is 10.2 Å². The SMILES string of the molecule is CCCc1nc(Cl)c(C)c(-n2nc(C)c(Cl)c2C)n1. The van der Waals surface area contributed by atoms with Crippen molar-refractivity contribution in [3.05, 3.63) is 33.0 Å². The van der Waals surface area contributed by atoms with Gasteiger partial charge in [-0.05, 0) is 27.2 Å². The molecule has 0 aromatic carbocycles. The lowest BCUT2D eigenvalue weighted by atomic mass is 10.3. The molecular weight excluding hydrogens is 283 g/mol. The first kappa shape index (κ1) is 14.3. The molecule has 2 heterocycles. The van der Waals surface area contributed by atoms with Crippen molar-refractivity contribution in [2.24, 2.45) is 0 Å². The van der Waals surface area contributed by atoms with Gasteiger partial charge in [-0.2, -0.15) is 5.10 Å². The second kappa shape index (κ2) is 5.47. The van der Waals surface area contributed by atoms with E-state index in [4.69, 9.17) is 23.2 Å². The highest BCUT2D eigenvalue weighted by Crippen LogP contribution is 2.25. The quantitative estimate of drug-likeness (QED) is 0.809. The Balaban J connectivity index is 2.63. The Morgan fingerprint density at radius 1 is 1.11 bits per heavy atom. The Hall–Kier alpha value is -1.13. The fraction of sp³-hybridized carbons (Fsp3) is 0.462. The van der Waals surface area contributed by atoms with Gasteiger partial charge in [0.05, 0.1) is 16.4 Å². The van der Waals surface area contributed by atoms with Crippen LogP contribution in [0, 0.1) is 20.8 Å². The van der Waals surface area contributed by atoms with Crippen LogP contribution in [0.3, 0.4) is 0 Å². The molecule has 0 amide bonds. The van der Waals surface area contributed by atoms with E-state index in [1.807, 2.05) is 20.8 Å². The normalized spacial score (nSPS) is 11.1. The van der Waals surface area contributed by atoms with E-state index in [-0.39, 0.29) is 0 Å². The number of aromatic nitrogens is 4. The maximum Gasteiger partial charge on any atom is 0.161 e. The van der Waals surface area contributed by atoms with E-state index in [0.717, 1.165) is 35.6 Å². The molecule has 0 aliphatic heterocycles. The Labute approximate surface area is 122 Å². The smallest absolute Gasteiger partial charge is 0.161 e. The number of nitrogens with zero attached hydrogens (tertiary/aromatic N) is 4. The highest BCUT2D eigenvalue weighted by atomic mass is 35.5. The molecule has 0 unspecified atom stereocenters. The van der Waals surface area contributed by atoms with Crippen LogP contribution in [-0.4, -0.2) is 19.7 Å². The summed E-state index contributed by atoms with van der Waals surface area (Å²) in [5.41, 5.74) is 2.45. The molecule has 0 fully saturated rings. The molecule has 0 saturated heterocycles. The monoisotopic (exact) mass is 298 g/mol. The van der Waals surface area contributed by atoms with E-state index in [1.54, 1.807) is 4.68 Å². The van der Waals surface area contributed by atoms with Gasteiger partial charge in [-0.3, -0.25) is 0 Å². The number of rotatable bonds is 3. The summed E-state index contributed by atoms with van der Waals surface area (Å²) in [6.07, 6.45) is 1.76. The van der Waals surface area contributed by atoms with Gasteiger partial charge in [0.15, 0.2) is 5.82 Å². The largest absolute Gasteiger partial charge is 0.221 e. The van der Waals surface area contributed by atoms with Gasteiger partial charge in [-0.1, -0.05) is 30.1 Å². The summed E-state index contributed by atoms with van der Waals surface area (Å²) in [7, 11) is 0. The average Bonchev–Trinajstić information content (AvgIpc) is 2.62. The van der Waals surface area contributed by atoms with Gasteiger partial charge in [0.2, 0.25) is 0 Å². The first-order valence-electron chi connectivity index (χ1n) is 6.20. The lowest BCUT2D eigenvalue weighted by Gasteiger charge is -2.10. The van der Waals surface area contributed by atoms with Crippen molar-refractivity contribution in [2.45, 2.75) is 40.5 Å². The Kier molecular flexibility index (Phi) is 4.11. The van der Waals surface area contributed by atoms with Crippen LogP contribution in [0.1, 0.15) is 36.1 Å². The molecule has 0 N–H and O–H groups in total. The van der Waals surface area contributed by atoms with Crippen molar-refractivity contribution in [1.82, 2.24) is 19.7 Å². The Morgan fingerprint density at radius 2 is 1.79 bits per heavy atom. The average molecular weight is 299 g/mol. The van der Waals surface area contributed by atoms with Gasteiger partial charge >= 0.3 is 0 Å². The van der Waals surface area contributed by atoms with E-state index in [0.29, 0.717) is 16.0 Å². The number of hydrogen-bond donors (Lipinski definition) is 0. The molecule has 0 saturated carbocycles. The van der Waals surface area contributed by atoms with Crippen LogP contribution in [0.15, 0.2) is 0 Å². The summed E-state index contributed by atoms with van der Waals surface area (Å²) < 4.78 is 1.74. The van der Waals surface area contributed by atoms with Crippen molar-refractivity contribution in [3.63, 3.8) is 0 Å². The number of hydrogen-bond acceptors (Lipinski definition) is 3. The summed E-state index contributed by atoms with van der Waals surface area (Å²) in [4.78, 5) is 8.84. The topological polar surface area (TPSA) is 43.6 Å². The van der Waals surface area contributed by atoms with Gasteiger partial charge in [0.1, 0.15) is 11.0 Å². The molecule has 6 heteroatoms. The molecule has 102 valence electrons. The maximum atomic E-state index is 6.18. The van der Waals surface area contributed by atoms with Crippen molar-refractivity contribution in [1.29, 1.82) is 0 Å². The lowest BCUT2D eigenvalue weighted by molar-refractivity contribution is 0.758. The lowest BCUT2D eigenvalue weighted by Crippen LogP contribution is -2.09. The van der Waals surface area contributed by atoms with Crippen LogP contribution < -0.4 is 0 Å². The molecule has 0 bridgehead atoms. The van der Waals surface area contributed by atoms with Gasteiger partial charge in [0.25, 0.3) is 0 Å². The van der Waals surface area contributed by atoms with Gasteiger partial charge < -0.3 is 0 Å². The third-order valence-electron chi connectivity index (χ3n) is 2.98. The fourth-order valence-electron chi connectivity index (χ4n) is 1.89. The minimum atomic E-state index is 0.470. The van der Waals surface area contributed by atoms with E-state index in [2.05, 4.69) is 22.0 Å². The van der Waals surface area contributed by atoms with Crippen molar-refractivity contribution in [2.75, 3.05) is 0 Å². The number of halogens is 2. The molecule has 0 aliphatic rings. The third-order valence-corrected chi connectivity index (χ3v) is 3.90. The molecule has 4 nitrogen and oxygen atoms in total. The zero-order valence-electron chi connectivity index (χ0n) is 11.5. The molecule has 0 spiro atoms. The van der Waals surface area contributed by atoms with Gasteiger partial charge in [-0.25, -0.2) is 14.6 Å². The highest BCUT2D eigenvalue weighted by molar-refractivity contribution is 6.32. The van der Waals surface area contributed by atoms with E-state index in [1.165, 1.54) is 0 Å². The molecule has 0 radical (unpaired) electrons. The fourth-order valence-corrected chi connectivity index (χ4v) is 2.19. The minimum absolute atomic E-state index is 0.470. The molecule has 2 aromatic heterocycles. The van der Waals surface area contributed by atoms with E-state index in [9.17, 15) is 0 Å². The van der Waals surface area contributed by atoms with Crippen LogP contribution in [0.4, 0.5) is 0 Å². The molecular formula is C13H16Cl2N4. The summed E-state index contributed by atoms with van der Waals surface area (Å²) in [6, 6.07) is 0. The Bertz CT molecular complexity index is 620. The Morgan fingerprint density at radius 3 is 2.32 bits per heavy atom. The van der Waals surface area contributed by atoms with Crippen molar-refractivity contribution in [3.8, 4) is 5.82 Å². The van der Waals surface area contributed by atoms with Gasteiger partial charge in [-0.15, -0.1) is 0 Å². The van der Waals surface area contributed by atoms with Crippen molar-refractivity contribution >= 4 is 23.2 Å². The summed E-state index contributed by atoms with van der Waals surface area (Å²) in [5.74, 6) is 1.44. The first-order chi connectivity index (χ1) is 8.95. The zero-order chi connectivity index (χ0) is 14.2. The molecule has 2 rings (SSSR count). The van der Waals surface area contributed by atoms with Crippen LogP contribution in [-0.2, 0) is 6.42 Å². The molecule has 2 aromatic rings. The maximum absolute atomic E-state index is 6.18. The second-order valence-electron chi connectivity index (χ2n) is 4.53. The van der Waals surface area contributed by atoms with E-state index < -0.39 is 0 Å². The summed E-state index contributed by atoms with van der Waals surface area (Å²) in [6.45, 7) is 7.75. The summed E-state index contributed by atoms with van der Waals surface area (Å²) >= 11 is 12.4. The molecule has 0 atom stereocenters. The predicted molar refractivity (Wildman–Crippen MR) is 77.4 cm³/mol. The minimum Gasteiger partial charge on any atom is -0.221 e.